The molecule has 0 unspecified atom stereocenters. The quantitative estimate of drug-likeness (QED) is 0.730. The van der Waals surface area contributed by atoms with Crippen molar-refractivity contribution in [2.75, 3.05) is 19.0 Å². The van der Waals surface area contributed by atoms with Crippen LogP contribution < -0.4 is 10.0 Å². The second-order valence-corrected chi connectivity index (χ2v) is 7.64. The number of hydrogen-bond acceptors (Lipinski definition) is 5. The summed E-state index contributed by atoms with van der Waals surface area (Å²) in [7, 11) is -2.50. The van der Waals surface area contributed by atoms with Gasteiger partial charge in [0.15, 0.2) is 6.61 Å². The fourth-order valence-electron chi connectivity index (χ4n) is 2.07. The number of aryl methyl sites for hydroxylation is 1. The van der Waals surface area contributed by atoms with Crippen LogP contribution >= 0.6 is 11.6 Å². The van der Waals surface area contributed by atoms with Crippen LogP contribution in [0, 0.1) is 6.92 Å². The van der Waals surface area contributed by atoms with Gasteiger partial charge in [-0.2, -0.15) is 0 Å². The summed E-state index contributed by atoms with van der Waals surface area (Å²) in [4.78, 5) is 23.9. The van der Waals surface area contributed by atoms with Gasteiger partial charge in [0.1, 0.15) is 0 Å². The molecule has 2 aromatic rings. The van der Waals surface area contributed by atoms with Crippen molar-refractivity contribution >= 4 is 39.2 Å². The van der Waals surface area contributed by atoms with E-state index in [4.69, 9.17) is 16.3 Å². The maximum Gasteiger partial charge on any atom is 0.340 e. The number of amides is 1. The van der Waals surface area contributed by atoms with Crippen LogP contribution in [0.3, 0.4) is 0 Å². The van der Waals surface area contributed by atoms with Gasteiger partial charge in [-0.1, -0.05) is 23.7 Å². The predicted octanol–water partition coefficient (Wildman–Crippen LogP) is 2.35. The van der Waals surface area contributed by atoms with Gasteiger partial charge in [-0.25, -0.2) is 17.9 Å². The molecule has 1 amide bonds. The number of carbonyl (C=O) groups excluding carboxylic acids is 2. The highest BCUT2D eigenvalue weighted by Gasteiger charge is 2.19. The van der Waals surface area contributed by atoms with Crippen molar-refractivity contribution in [2.24, 2.45) is 0 Å². The Balaban J connectivity index is 2.05. The van der Waals surface area contributed by atoms with Gasteiger partial charge in [0.25, 0.3) is 5.91 Å². The van der Waals surface area contributed by atoms with E-state index < -0.39 is 28.5 Å². The third-order valence-corrected chi connectivity index (χ3v) is 5.11. The van der Waals surface area contributed by atoms with E-state index in [0.717, 1.165) is 11.6 Å². The highest BCUT2D eigenvalue weighted by atomic mass is 35.5. The second kappa shape index (κ2) is 8.31. The Bertz CT molecular complexity index is 944. The molecule has 0 aliphatic heterocycles. The number of esters is 1. The lowest BCUT2D eigenvalue weighted by Gasteiger charge is -2.09. The van der Waals surface area contributed by atoms with Crippen LogP contribution in [0.4, 0.5) is 5.69 Å². The number of hydrogen-bond donors (Lipinski definition) is 2. The summed E-state index contributed by atoms with van der Waals surface area (Å²) < 4.78 is 30.7. The molecule has 0 atom stereocenters. The first kappa shape index (κ1) is 19.9. The van der Waals surface area contributed by atoms with Crippen molar-refractivity contribution in [1.29, 1.82) is 0 Å². The Morgan fingerprint density at radius 1 is 1.15 bits per heavy atom. The predicted molar refractivity (Wildman–Crippen MR) is 97.8 cm³/mol. The topological polar surface area (TPSA) is 102 Å². The molecule has 2 aromatic carbocycles. The molecule has 0 saturated heterocycles. The Kier molecular flexibility index (Phi) is 6.36. The summed E-state index contributed by atoms with van der Waals surface area (Å²) in [6.07, 6.45) is 0. The van der Waals surface area contributed by atoms with Gasteiger partial charge in [-0.3, -0.25) is 4.79 Å². The van der Waals surface area contributed by atoms with Gasteiger partial charge in [-0.05, 0) is 49.9 Å². The maximum atomic E-state index is 12.1. The van der Waals surface area contributed by atoms with Crippen molar-refractivity contribution < 1.29 is 22.7 Å². The number of nitrogens with one attached hydrogen (secondary N) is 2. The Morgan fingerprint density at radius 2 is 1.88 bits per heavy atom. The summed E-state index contributed by atoms with van der Waals surface area (Å²) in [6, 6.07) is 10.8. The Hall–Kier alpha value is -2.42. The van der Waals surface area contributed by atoms with E-state index in [9.17, 15) is 18.0 Å². The van der Waals surface area contributed by atoms with Gasteiger partial charge < -0.3 is 10.1 Å². The molecule has 0 saturated carbocycles. The van der Waals surface area contributed by atoms with E-state index in [0.29, 0.717) is 5.69 Å². The number of sulfonamides is 1. The molecule has 2 N–H and O–H groups in total. The third-order valence-electron chi connectivity index (χ3n) is 3.37. The smallest absolute Gasteiger partial charge is 0.340 e. The highest BCUT2D eigenvalue weighted by molar-refractivity contribution is 7.89. The summed E-state index contributed by atoms with van der Waals surface area (Å²) in [5, 5.41) is 2.61. The van der Waals surface area contributed by atoms with Crippen LogP contribution in [0.5, 0.6) is 0 Å². The monoisotopic (exact) mass is 396 g/mol. The third kappa shape index (κ3) is 5.04. The zero-order valence-electron chi connectivity index (χ0n) is 14.1. The van der Waals surface area contributed by atoms with Crippen LogP contribution in [0.2, 0.25) is 5.02 Å². The lowest BCUT2D eigenvalue weighted by Crippen LogP contribution is -2.22. The second-order valence-electron chi connectivity index (χ2n) is 5.34. The molecule has 0 fully saturated rings. The minimum Gasteiger partial charge on any atom is -0.452 e. The molecule has 9 heteroatoms. The van der Waals surface area contributed by atoms with E-state index in [-0.39, 0.29) is 15.5 Å². The van der Waals surface area contributed by atoms with Crippen molar-refractivity contribution in [1.82, 2.24) is 4.72 Å². The van der Waals surface area contributed by atoms with Gasteiger partial charge in [0.2, 0.25) is 10.0 Å². The average Bonchev–Trinajstić information content (AvgIpc) is 2.60. The Labute approximate surface area is 156 Å². The molecular formula is C17H17ClN2O5S. The van der Waals surface area contributed by atoms with E-state index >= 15 is 0 Å². The highest BCUT2D eigenvalue weighted by Crippen LogP contribution is 2.21. The summed E-state index contributed by atoms with van der Waals surface area (Å²) >= 11 is 5.93. The summed E-state index contributed by atoms with van der Waals surface area (Å²) in [5.41, 5.74) is 1.40. The maximum absolute atomic E-state index is 12.1. The van der Waals surface area contributed by atoms with Crippen LogP contribution in [-0.2, 0) is 19.6 Å². The first-order chi connectivity index (χ1) is 12.2. The van der Waals surface area contributed by atoms with Crippen LogP contribution in [0.25, 0.3) is 0 Å². The first-order valence-electron chi connectivity index (χ1n) is 7.49. The summed E-state index contributed by atoms with van der Waals surface area (Å²) in [5.74, 6) is -1.43. The lowest BCUT2D eigenvalue weighted by atomic mass is 10.2. The number of rotatable bonds is 6. The van der Waals surface area contributed by atoms with Gasteiger partial charge >= 0.3 is 5.97 Å². The van der Waals surface area contributed by atoms with Crippen LogP contribution in [0.1, 0.15) is 15.9 Å². The largest absolute Gasteiger partial charge is 0.452 e. The van der Waals surface area contributed by atoms with Crippen LogP contribution in [0.15, 0.2) is 47.4 Å². The SMILES string of the molecule is CNS(=O)(=O)c1ccc(Cl)c(C(=O)OCC(=O)Nc2cccc(C)c2)c1. The fourth-order valence-corrected chi connectivity index (χ4v) is 3.03. The van der Waals surface area contributed by atoms with E-state index in [1.165, 1.54) is 19.2 Å². The average molecular weight is 397 g/mol. The minimum absolute atomic E-state index is 0.0177. The van der Waals surface area contributed by atoms with E-state index in [2.05, 4.69) is 10.0 Å². The number of carbonyl (C=O) groups is 2. The van der Waals surface area contributed by atoms with Gasteiger partial charge in [0, 0.05) is 5.69 Å². The first-order valence-corrected chi connectivity index (χ1v) is 9.36. The van der Waals surface area contributed by atoms with Crippen molar-refractivity contribution in [3.63, 3.8) is 0 Å². The molecule has 0 bridgehead atoms. The zero-order valence-corrected chi connectivity index (χ0v) is 15.6. The molecule has 0 aliphatic rings. The molecule has 26 heavy (non-hydrogen) atoms. The molecule has 0 aromatic heterocycles. The van der Waals surface area contributed by atoms with Gasteiger partial charge in [-0.15, -0.1) is 0 Å². The summed E-state index contributed by atoms with van der Waals surface area (Å²) in [6.45, 7) is 1.34. The number of ether oxygens (including phenoxy) is 1. The van der Waals surface area contributed by atoms with Crippen molar-refractivity contribution in [3.05, 3.63) is 58.6 Å². The van der Waals surface area contributed by atoms with E-state index in [1.807, 2.05) is 13.0 Å². The zero-order chi connectivity index (χ0) is 19.3. The molecule has 7 nitrogen and oxygen atoms in total. The normalized spacial score (nSPS) is 11.0. The fraction of sp³-hybridized carbons (Fsp3) is 0.176. The number of benzene rings is 2. The lowest BCUT2D eigenvalue weighted by molar-refractivity contribution is -0.119. The molecule has 138 valence electrons. The number of anilines is 1. The molecule has 0 aliphatic carbocycles. The standard InChI is InChI=1S/C17H17ClN2O5S/c1-11-4-3-5-12(8-11)20-16(21)10-25-17(22)14-9-13(6-7-15(14)18)26(23,24)19-2/h3-9,19H,10H2,1-2H3,(H,20,21). The molecule has 0 radical (unpaired) electrons. The molecular weight excluding hydrogens is 380 g/mol. The van der Waals surface area contributed by atoms with Gasteiger partial charge in [0.05, 0.1) is 15.5 Å². The van der Waals surface area contributed by atoms with Crippen LogP contribution in [-0.4, -0.2) is 33.9 Å². The van der Waals surface area contributed by atoms with Crippen molar-refractivity contribution in [2.45, 2.75) is 11.8 Å². The van der Waals surface area contributed by atoms with Crippen molar-refractivity contribution in [3.8, 4) is 0 Å². The molecule has 2 rings (SSSR count). The minimum atomic E-state index is -3.74. The molecule has 0 heterocycles. The molecule has 0 spiro atoms. The Morgan fingerprint density at radius 3 is 2.54 bits per heavy atom. The van der Waals surface area contributed by atoms with E-state index in [1.54, 1.807) is 18.2 Å². The number of halogens is 1.